The van der Waals surface area contributed by atoms with Crippen molar-refractivity contribution in [2.24, 2.45) is 11.8 Å². The standard InChI is InChI=1S/C15H19F2NO2/c1-9(14-12(16)6-3-7-13(14)17)18-8-10-4-2-5-11(10)15(19)20/h3,6-7,9-11,18H,2,4-5,8H2,1H3,(H,19,20). The number of hydrogen-bond acceptors (Lipinski definition) is 2. The second-order valence-electron chi connectivity index (χ2n) is 5.40. The summed E-state index contributed by atoms with van der Waals surface area (Å²) in [6.45, 7) is 2.15. The monoisotopic (exact) mass is 283 g/mol. The van der Waals surface area contributed by atoms with Gasteiger partial charge in [0.1, 0.15) is 11.6 Å². The van der Waals surface area contributed by atoms with Gasteiger partial charge >= 0.3 is 5.97 Å². The molecule has 0 aliphatic heterocycles. The Morgan fingerprint density at radius 2 is 2.05 bits per heavy atom. The molecule has 110 valence electrons. The molecule has 0 aromatic heterocycles. The van der Waals surface area contributed by atoms with Crippen LogP contribution in [0, 0.1) is 23.5 Å². The molecule has 1 aliphatic rings. The van der Waals surface area contributed by atoms with E-state index in [1.54, 1.807) is 6.92 Å². The van der Waals surface area contributed by atoms with Crippen LogP contribution in [0.15, 0.2) is 18.2 Å². The average molecular weight is 283 g/mol. The Bertz CT molecular complexity index is 473. The van der Waals surface area contributed by atoms with E-state index < -0.39 is 23.6 Å². The number of benzene rings is 1. The van der Waals surface area contributed by atoms with Crippen molar-refractivity contribution in [3.8, 4) is 0 Å². The SMILES string of the molecule is CC(NCC1CCCC1C(=O)O)c1c(F)cccc1F. The molecule has 0 saturated heterocycles. The van der Waals surface area contributed by atoms with Crippen molar-refractivity contribution >= 4 is 5.97 Å². The van der Waals surface area contributed by atoms with Gasteiger partial charge in [0.2, 0.25) is 0 Å². The third kappa shape index (κ3) is 3.15. The Hall–Kier alpha value is -1.49. The van der Waals surface area contributed by atoms with Crippen LogP contribution in [0.25, 0.3) is 0 Å². The van der Waals surface area contributed by atoms with Gasteiger partial charge in [0.05, 0.1) is 5.92 Å². The minimum absolute atomic E-state index is 0.0115. The van der Waals surface area contributed by atoms with E-state index in [2.05, 4.69) is 5.32 Å². The molecule has 5 heteroatoms. The quantitative estimate of drug-likeness (QED) is 0.873. The molecule has 0 spiro atoms. The second kappa shape index (κ2) is 6.31. The van der Waals surface area contributed by atoms with E-state index in [9.17, 15) is 13.6 Å². The molecular formula is C15H19F2NO2. The van der Waals surface area contributed by atoms with Gasteiger partial charge in [-0.25, -0.2) is 8.78 Å². The fraction of sp³-hybridized carbons (Fsp3) is 0.533. The predicted octanol–water partition coefficient (Wildman–Crippen LogP) is 3.12. The zero-order valence-corrected chi connectivity index (χ0v) is 11.4. The molecular weight excluding hydrogens is 264 g/mol. The van der Waals surface area contributed by atoms with Gasteiger partial charge in [0.15, 0.2) is 0 Å². The first-order chi connectivity index (χ1) is 9.50. The van der Waals surface area contributed by atoms with Crippen LogP contribution < -0.4 is 5.32 Å². The Morgan fingerprint density at radius 1 is 1.40 bits per heavy atom. The van der Waals surface area contributed by atoms with Crippen LogP contribution in [-0.4, -0.2) is 17.6 Å². The zero-order valence-electron chi connectivity index (χ0n) is 11.4. The summed E-state index contributed by atoms with van der Waals surface area (Å²) in [6, 6.07) is 3.31. The van der Waals surface area contributed by atoms with Gasteiger partial charge in [-0.05, 0) is 44.4 Å². The molecule has 1 aliphatic carbocycles. The minimum Gasteiger partial charge on any atom is -0.481 e. The predicted molar refractivity (Wildman–Crippen MR) is 71.2 cm³/mol. The molecule has 1 aromatic rings. The van der Waals surface area contributed by atoms with E-state index in [1.807, 2.05) is 0 Å². The Labute approximate surface area is 117 Å². The zero-order chi connectivity index (χ0) is 14.7. The van der Waals surface area contributed by atoms with Gasteiger partial charge in [0, 0.05) is 11.6 Å². The summed E-state index contributed by atoms with van der Waals surface area (Å²) in [5.41, 5.74) is 0.0115. The van der Waals surface area contributed by atoms with Crippen molar-refractivity contribution in [1.82, 2.24) is 5.32 Å². The highest BCUT2D eigenvalue weighted by atomic mass is 19.1. The highest BCUT2D eigenvalue weighted by molar-refractivity contribution is 5.70. The number of halogens is 2. The highest BCUT2D eigenvalue weighted by Gasteiger charge is 2.32. The minimum atomic E-state index is -0.779. The molecule has 0 bridgehead atoms. The van der Waals surface area contributed by atoms with E-state index >= 15 is 0 Å². The van der Waals surface area contributed by atoms with Crippen molar-refractivity contribution in [2.45, 2.75) is 32.2 Å². The number of carboxylic acids is 1. The summed E-state index contributed by atoms with van der Waals surface area (Å²) in [7, 11) is 0. The molecule has 2 rings (SSSR count). The van der Waals surface area contributed by atoms with Crippen LogP contribution in [0.5, 0.6) is 0 Å². The molecule has 3 nitrogen and oxygen atoms in total. The van der Waals surface area contributed by atoms with Gasteiger partial charge in [-0.15, -0.1) is 0 Å². The number of nitrogens with one attached hydrogen (secondary N) is 1. The molecule has 1 aromatic carbocycles. The number of hydrogen-bond donors (Lipinski definition) is 2. The first kappa shape index (κ1) is 14.9. The summed E-state index contributed by atoms with van der Waals surface area (Å²) >= 11 is 0. The fourth-order valence-corrected chi connectivity index (χ4v) is 2.96. The third-order valence-corrected chi connectivity index (χ3v) is 4.10. The van der Waals surface area contributed by atoms with Crippen LogP contribution in [0.2, 0.25) is 0 Å². The van der Waals surface area contributed by atoms with Crippen molar-refractivity contribution in [2.75, 3.05) is 6.54 Å². The van der Waals surface area contributed by atoms with Crippen LogP contribution >= 0.6 is 0 Å². The van der Waals surface area contributed by atoms with E-state index in [-0.39, 0.29) is 17.4 Å². The maximum absolute atomic E-state index is 13.6. The smallest absolute Gasteiger partial charge is 0.306 e. The first-order valence-corrected chi connectivity index (χ1v) is 6.90. The molecule has 20 heavy (non-hydrogen) atoms. The van der Waals surface area contributed by atoms with Gasteiger partial charge < -0.3 is 10.4 Å². The number of carboxylic acid groups (broad SMARTS) is 1. The Morgan fingerprint density at radius 3 is 2.65 bits per heavy atom. The number of rotatable bonds is 5. The van der Waals surface area contributed by atoms with E-state index in [0.717, 1.165) is 12.8 Å². The number of carbonyl (C=O) groups is 1. The lowest BCUT2D eigenvalue weighted by molar-refractivity contribution is -0.142. The van der Waals surface area contributed by atoms with E-state index in [1.165, 1.54) is 18.2 Å². The molecule has 2 N–H and O–H groups in total. The van der Waals surface area contributed by atoms with Crippen LogP contribution in [0.1, 0.15) is 37.8 Å². The highest BCUT2D eigenvalue weighted by Crippen LogP contribution is 2.32. The van der Waals surface area contributed by atoms with Crippen LogP contribution in [0.4, 0.5) is 8.78 Å². The van der Waals surface area contributed by atoms with Gasteiger partial charge in [-0.2, -0.15) is 0 Å². The molecule has 1 fully saturated rings. The maximum Gasteiger partial charge on any atom is 0.306 e. The topological polar surface area (TPSA) is 49.3 Å². The average Bonchev–Trinajstić information content (AvgIpc) is 2.84. The molecule has 0 amide bonds. The van der Waals surface area contributed by atoms with Gasteiger partial charge in [-0.1, -0.05) is 12.5 Å². The summed E-state index contributed by atoms with van der Waals surface area (Å²) < 4.78 is 27.3. The third-order valence-electron chi connectivity index (χ3n) is 4.10. The number of aliphatic carboxylic acids is 1. The van der Waals surface area contributed by atoms with Crippen LogP contribution in [0.3, 0.4) is 0 Å². The van der Waals surface area contributed by atoms with Crippen LogP contribution in [-0.2, 0) is 4.79 Å². The van der Waals surface area contributed by atoms with E-state index in [4.69, 9.17) is 5.11 Å². The lowest BCUT2D eigenvalue weighted by Crippen LogP contribution is -2.31. The first-order valence-electron chi connectivity index (χ1n) is 6.90. The summed E-state index contributed by atoms with van der Waals surface area (Å²) in [5.74, 6) is -2.25. The lowest BCUT2D eigenvalue weighted by atomic mass is 9.95. The van der Waals surface area contributed by atoms with Crippen molar-refractivity contribution in [3.63, 3.8) is 0 Å². The second-order valence-corrected chi connectivity index (χ2v) is 5.40. The normalized spacial score (nSPS) is 23.8. The van der Waals surface area contributed by atoms with Crippen molar-refractivity contribution in [1.29, 1.82) is 0 Å². The fourth-order valence-electron chi connectivity index (χ4n) is 2.96. The molecule has 0 radical (unpaired) electrons. The van der Waals surface area contributed by atoms with E-state index in [0.29, 0.717) is 13.0 Å². The lowest BCUT2D eigenvalue weighted by Gasteiger charge is -2.21. The summed E-state index contributed by atoms with van der Waals surface area (Å²) in [4.78, 5) is 11.1. The van der Waals surface area contributed by atoms with Crippen molar-refractivity contribution < 1.29 is 18.7 Å². The van der Waals surface area contributed by atoms with Gasteiger partial charge in [-0.3, -0.25) is 4.79 Å². The largest absolute Gasteiger partial charge is 0.481 e. The molecule has 3 atom stereocenters. The van der Waals surface area contributed by atoms with Crippen molar-refractivity contribution in [3.05, 3.63) is 35.4 Å². The maximum atomic E-state index is 13.6. The van der Waals surface area contributed by atoms with Gasteiger partial charge in [0.25, 0.3) is 0 Å². The molecule has 1 saturated carbocycles. The Balaban J connectivity index is 1.98. The summed E-state index contributed by atoms with van der Waals surface area (Å²) in [6.07, 6.45) is 2.42. The summed E-state index contributed by atoms with van der Waals surface area (Å²) in [5, 5.41) is 12.2. The molecule has 0 heterocycles. The Kier molecular flexibility index (Phi) is 4.70. The molecule has 3 unspecified atom stereocenters.